The van der Waals surface area contributed by atoms with Gasteiger partial charge in [0.1, 0.15) is 11.5 Å². The highest BCUT2D eigenvalue weighted by Crippen LogP contribution is 2.25. The summed E-state index contributed by atoms with van der Waals surface area (Å²) in [6.07, 6.45) is 1.58. The Morgan fingerprint density at radius 1 is 1.33 bits per heavy atom. The Hall–Kier alpha value is -2.28. The summed E-state index contributed by atoms with van der Waals surface area (Å²) in [7, 11) is 0. The van der Waals surface area contributed by atoms with Crippen LogP contribution in [0.15, 0.2) is 46.0 Å². The van der Waals surface area contributed by atoms with Crippen LogP contribution in [0.2, 0.25) is 5.02 Å². The van der Waals surface area contributed by atoms with Gasteiger partial charge in [-0.15, -0.1) is 0 Å². The Labute approximate surface area is 143 Å². The quantitative estimate of drug-likeness (QED) is 0.584. The first-order valence-electron chi connectivity index (χ1n) is 7.36. The summed E-state index contributed by atoms with van der Waals surface area (Å²) in [6.45, 7) is 0.263. The highest BCUT2D eigenvalue weighted by molar-refractivity contribution is 6.30. The number of nitrogens with one attached hydrogen (secondary N) is 2. The Kier molecular flexibility index (Phi) is 6.87. The number of benzene rings is 1. The van der Waals surface area contributed by atoms with Crippen molar-refractivity contribution in [3.05, 3.63) is 52.9 Å². The standard InChI is InChI=1S/C16H18ClF2N3O2/c1-2-20-16(22-10-13-4-3-7-23-13)21-9-11-8-12(17)5-6-14(11)24-15(18)19/h3-8,15H,2,9-10H2,1H3,(H2,20,21,22). The monoisotopic (exact) mass is 357 g/mol. The second-order valence-corrected chi connectivity index (χ2v) is 5.20. The van der Waals surface area contributed by atoms with Gasteiger partial charge in [0.15, 0.2) is 5.96 Å². The van der Waals surface area contributed by atoms with Crippen LogP contribution >= 0.6 is 11.6 Å². The lowest BCUT2D eigenvalue weighted by Crippen LogP contribution is -2.36. The number of halogens is 3. The third kappa shape index (κ3) is 5.73. The summed E-state index contributed by atoms with van der Waals surface area (Å²) in [5, 5.41) is 6.58. The van der Waals surface area contributed by atoms with Crippen molar-refractivity contribution < 1.29 is 17.9 Å². The molecule has 1 heterocycles. The molecule has 0 saturated heterocycles. The number of hydrogen-bond donors (Lipinski definition) is 2. The molecule has 2 N–H and O–H groups in total. The molecule has 0 saturated carbocycles. The maximum absolute atomic E-state index is 12.5. The molecule has 2 aromatic rings. The minimum atomic E-state index is -2.90. The van der Waals surface area contributed by atoms with E-state index in [1.54, 1.807) is 18.4 Å². The first-order chi connectivity index (χ1) is 11.6. The van der Waals surface area contributed by atoms with Crippen LogP contribution in [-0.2, 0) is 13.1 Å². The van der Waals surface area contributed by atoms with Crippen molar-refractivity contribution in [1.82, 2.24) is 10.6 Å². The van der Waals surface area contributed by atoms with E-state index < -0.39 is 6.61 Å². The van der Waals surface area contributed by atoms with E-state index in [-0.39, 0.29) is 12.3 Å². The second-order valence-electron chi connectivity index (χ2n) is 4.76. The zero-order valence-corrected chi connectivity index (χ0v) is 13.8. The fourth-order valence-electron chi connectivity index (χ4n) is 1.97. The van der Waals surface area contributed by atoms with Gasteiger partial charge in [-0.25, -0.2) is 4.99 Å². The molecule has 0 atom stereocenters. The molecule has 2 rings (SSSR count). The van der Waals surface area contributed by atoms with E-state index in [2.05, 4.69) is 20.4 Å². The summed E-state index contributed by atoms with van der Waals surface area (Å²) in [5.74, 6) is 1.34. The van der Waals surface area contributed by atoms with Crippen LogP contribution in [0.3, 0.4) is 0 Å². The van der Waals surface area contributed by atoms with Crippen LogP contribution in [0, 0.1) is 0 Å². The van der Waals surface area contributed by atoms with Gasteiger partial charge in [-0.2, -0.15) is 8.78 Å². The molecule has 0 spiro atoms. The molecular formula is C16H18ClF2N3O2. The zero-order chi connectivity index (χ0) is 17.4. The van der Waals surface area contributed by atoms with Crippen LogP contribution in [0.5, 0.6) is 5.75 Å². The SMILES string of the molecule is CCNC(=NCc1cc(Cl)ccc1OC(F)F)NCc1ccco1. The van der Waals surface area contributed by atoms with Crippen molar-refractivity contribution >= 4 is 17.6 Å². The first-order valence-corrected chi connectivity index (χ1v) is 7.74. The van der Waals surface area contributed by atoms with Crippen LogP contribution in [0.4, 0.5) is 8.78 Å². The van der Waals surface area contributed by atoms with Crippen LogP contribution in [0.1, 0.15) is 18.2 Å². The van der Waals surface area contributed by atoms with Crippen molar-refractivity contribution in [3.63, 3.8) is 0 Å². The molecule has 0 unspecified atom stereocenters. The van der Waals surface area contributed by atoms with E-state index in [1.165, 1.54) is 12.1 Å². The first kappa shape index (κ1) is 18.1. The predicted molar refractivity (Wildman–Crippen MR) is 88.4 cm³/mol. The third-order valence-electron chi connectivity index (χ3n) is 3.00. The molecule has 0 bridgehead atoms. The van der Waals surface area contributed by atoms with Crippen molar-refractivity contribution in [1.29, 1.82) is 0 Å². The number of furan rings is 1. The summed E-state index contributed by atoms with van der Waals surface area (Å²) < 4.78 is 34.7. The molecule has 0 aliphatic heterocycles. The average Bonchev–Trinajstić information content (AvgIpc) is 3.05. The lowest BCUT2D eigenvalue weighted by atomic mass is 10.2. The van der Waals surface area contributed by atoms with Gasteiger partial charge >= 0.3 is 6.61 Å². The molecule has 0 radical (unpaired) electrons. The molecule has 0 fully saturated rings. The van der Waals surface area contributed by atoms with E-state index in [0.29, 0.717) is 29.6 Å². The topological polar surface area (TPSA) is 58.8 Å². The summed E-state index contributed by atoms with van der Waals surface area (Å²) in [6, 6.07) is 8.08. The van der Waals surface area contributed by atoms with Crippen LogP contribution in [0.25, 0.3) is 0 Å². The number of ether oxygens (including phenoxy) is 1. The third-order valence-corrected chi connectivity index (χ3v) is 3.24. The van der Waals surface area contributed by atoms with Gasteiger partial charge in [-0.05, 0) is 37.3 Å². The van der Waals surface area contributed by atoms with Gasteiger partial charge in [-0.1, -0.05) is 11.6 Å². The molecular weight excluding hydrogens is 340 g/mol. The fourth-order valence-corrected chi connectivity index (χ4v) is 2.17. The van der Waals surface area contributed by atoms with E-state index in [1.807, 2.05) is 13.0 Å². The largest absolute Gasteiger partial charge is 0.467 e. The Balaban J connectivity index is 2.08. The average molecular weight is 358 g/mol. The highest BCUT2D eigenvalue weighted by Gasteiger charge is 2.10. The normalized spacial score (nSPS) is 11.6. The maximum Gasteiger partial charge on any atom is 0.387 e. The number of nitrogens with zero attached hydrogens (tertiary/aromatic N) is 1. The lowest BCUT2D eigenvalue weighted by molar-refractivity contribution is -0.0504. The van der Waals surface area contributed by atoms with Gasteiger partial charge in [-0.3, -0.25) is 0 Å². The van der Waals surface area contributed by atoms with Crippen molar-refractivity contribution in [2.75, 3.05) is 6.54 Å². The van der Waals surface area contributed by atoms with Gasteiger partial charge < -0.3 is 19.8 Å². The molecule has 0 aliphatic carbocycles. The van der Waals surface area contributed by atoms with E-state index in [0.717, 1.165) is 5.76 Å². The number of guanidine groups is 1. The summed E-state index contributed by atoms with van der Waals surface area (Å²) in [4.78, 5) is 4.36. The highest BCUT2D eigenvalue weighted by atomic mass is 35.5. The number of rotatable bonds is 7. The van der Waals surface area contributed by atoms with Crippen LogP contribution in [-0.4, -0.2) is 19.1 Å². The molecule has 8 heteroatoms. The molecule has 130 valence electrons. The molecule has 1 aromatic heterocycles. The van der Waals surface area contributed by atoms with Crippen LogP contribution < -0.4 is 15.4 Å². The smallest absolute Gasteiger partial charge is 0.387 e. The molecule has 0 amide bonds. The fraction of sp³-hybridized carbons (Fsp3) is 0.312. The molecule has 5 nitrogen and oxygen atoms in total. The van der Waals surface area contributed by atoms with Gasteiger partial charge in [0.2, 0.25) is 0 Å². The van der Waals surface area contributed by atoms with E-state index >= 15 is 0 Å². The number of aliphatic imine (C=N–C) groups is 1. The maximum atomic E-state index is 12.5. The second kappa shape index (κ2) is 9.12. The Morgan fingerprint density at radius 3 is 2.83 bits per heavy atom. The van der Waals surface area contributed by atoms with E-state index in [4.69, 9.17) is 16.0 Å². The zero-order valence-electron chi connectivity index (χ0n) is 13.1. The van der Waals surface area contributed by atoms with Gasteiger partial charge in [0.05, 0.1) is 19.4 Å². The summed E-state index contributed by atoms with van der Waals surface area (Å²) >= 11 is 5.92. The predicted octanol–water partition coefficient (Wildman–Crippen LogP) is 3.79. The van der Waals surface area contributed by atoms with Gasteiger partial charge in [0.25, 0.3) is 0 Å². The summed E-state index contributed by atoms with van der Waals surface area (Å²) in [5.41, 5.74) is 0.470. The lowest BCUT2D eigenvalue weighted by Gasteiger charge is -2.12. The molecule has 1 aromatic carbocycles. The Morgan fingerprint density at radius 2 is 2.17 bits per heavy atom. The van der Waals surface area contributed by atoms with Crippen molar-refractivity contribution in [2.24, 2.45) is 4.99 Å². The van der Waals surface area contributed by atoms with Gasteiger partial charge in [0, 0.05) is 17.1 Å². The molecule has 24 heavy (non-hydrogen) atoms. The van der Waals surface area contributed by atoms with Crippen molar-refractivity contribution in [2.45, 2.75) is 26.6 Å². The minimum absolute atomic E-state index is 0.0556. The number of alkyl halides is 2. The van der Waals surface area contributed by atoms with Crippen molar-refractivity contribution in [3.8, 4) is 5.75 Å². The number of hydrogen-bond acceptors (Lipinski definition) is 3. The Bertz CT molecular complexity index is 663. The van der Waals surface area contributed by atoms with E-state index in [9.17, 15) is 8.78 Å². The molecule has 0 aliphatic rings. The minimum Gasteiger partial charge on any atom is -0.467 e.